The first-order valence-electron chi connectivity index (χ1n) is 7.19. The summed E-state index contributed by atoms with van der Waals surface area (Å²) in [4.78, 5) is 18.4. The van der Waals surface area contributed by atoms with Gasteiger partial charge in [0.2, 0.25) is 0 Å². The zero-order valence-corrected chi connectivity index (χ0v) is 11.9. The van der Waals surface area contributed by atoms with E-state index < -0.39 is 0 Å². The molecule has 0 spiro atoms. The average molecular weight is 256 g/mol. The van der Waals surface area contributed by atoms with Crippen LogP contribution in [0, 0.1) is 0 Å². The Morgan fingerprint density at radius 3 is 2.22 bits per heavy atom. The first-order valence-corrected chi connectivity index (χ1v) is 7.19. The van der Waals surface area contributed by atoms with Crippen molar-refractivity contribution in [3.8, 4) is 0 Å². The third-order valence-electron chi connectivity index (χ3n) is 3.61. The fraction of sp³-hybridized carbons (Fsp3) is 0.923. The Kier molecular flexibility index (Phi) is 7.05. The van der Waals surface area contributed by atoms with Crippen molar-refractivity contribution < 1.29 is 4.79 Å². The predicted molar refractivity (Wildman–Crippen MR) is 74.6 cm³/mol. The SMILES string of the molecule is CCN(CC)C(=O)N1CCN(CCCCN)CC1. The summed E-state index contributed by atoms with van der Waals surface area (Å²) in [7, 11) is 0. The largest absolute Gasteiger partial charge is 0.330 e. The van der Waals surface area contributed by atoms with Crippen molar-refractivity contribution in [3.63, 3.8) is 0 Å². The van der Waals surface area contributed by atoms with Gasteiger partial charge >= 0.3 is 6.03 Å². The molecule has 2 N–H and O–H groups in total. The minimum absolute atomic E-state index is 0.196. The van der Waals surface area contributed by atoms with Crippen LogP contribution < -0.4 is 5.73 Å². The molecule has 1 saturated heterocycles. The van der Waals surface area contributed by atoms with E-state index in [1.807, 2.05) is 23.6 Å². The zero-order chi connectivity index (χ0) is 13.4. The number of carbonyl (C=O) groups is 1. The fourth-order valence-electron chi connectivity index (χ4n) is 2.34. The molecule has 2 amide bonds. The lowest BCUT2D eigenvalue weighted by molar-refractivity contribution is 0.114. The number of unbranched alkanes of at least 4 members (excludes halogenated alkanes) is 1. The summed E-state index contributed by atoms with van der Waals surface area (Å²) in [6.45, 7) is 11.3. The normalized spacial score (nSPS) is 16.9. The van der Waals surface area contributed by atoms with Gasteiger partial charge in [-0.25, -0.2) is 4.79 Å². The van der Waals surface area contributed by atoms with Crippen LogP contribution in [0.4, 0.5) is 4.79 Å². The van der Waals surface area contributed by atoms with Gasteiger partial charge in [-0.3, -0.25) is 4.90 Å². The van der Waals surface area contributed by atoms with E-state index in [1.54, 1.807) is 0 Å². The van der Waals surface area contributed by atoms with Crippen molar-refractivity contribution in [1.29, 1.82) is 0 Å². The molecule has 1 aliphatic heterocycles. The summed E-state index contributed by atoms with van der Waals surface area (Å²) in [6.07, 6.45) is 2.26. The Morgan fingerprint density at radius 2 is 1.72 bits per heavy atom. The van der Waals surface area contributed by atoms with E-state index in [-0.39, 0.29) is 6.03 Å². The topological polar surface area (TPSA) is 52.8 Å². The van der Waals surface area contributed by atoms with E-state index >= 15 is 0 Å². The van der Waals surface area contributed by atoms with Crippen molar-refractivity contribution in [3.05, 3.63) is 0 Å². The van der Waals surface area contributed by atoms with Gasteiger partial charge in [-0.05, 0) is 39.8 Å². The lowest BCUT2D eigenvalue weighted by atomic mass is 10.2. The van der Waals surface area contributed by atoms with Crippen molar-refractivity contribution in [2.75, 3.05) is 52.4 Å². The Labute approximate surface area is 111 Å². The second-order valence-corrected chi connectivity index (χ2v) is 4.78. The molecule has 0 aromatic carbocycles. The highest BCUT2D eigenvalue weighted by atomic mass is 16.2. The van der Waals surface area contributed by atoms with Crippen LogP contribution >= 0.6 is 0 Å². The molecule has 0 saturated carbocycles. The monoisotopic (exact) mass is 256 g/mol. The molecule has 0 atom stereocenters. The zero-order valence-electron chi connectivity index (χ0n) is 11.9. The smallest absolute Gasteiger partial charge is 0.320 e. The lowest BCUT2D eigenvalue weighted by Gasteiger charge is -2.37. The number of piperazine rings is 1. The number of carbonyl (C=O) groups excluding carboxylic acids is 1. The van der Waals surface area contributed by atoms with Crippen LogP contribution in [0.15, 0.2) is 0 Å². The van der Waals surface area contributed by atoms with E-state index in [0.29, 0.717) is 0 Å². The van der Waals surface area contributed by atoms with Gasteiger partial charge in [-0.2, -0.15) is 0 Å². The van der Waals surface area contributed by atoms with Gasteiger partial charge in [0.1, 0.15) is 0 Å². The molecular weight excluding hydrogens is 228 g/mol. The van der Waals surface area contributed by atoms with Crippen LogP contribution in [0.25, 0.3) is 0 Å². The van der Waals surface area contributed by atoms with Crippen LogP contribution in [0.1, 0.15) is 26.7 Å². The van der Waals surface area contributed by atoms with Crippen LogP contribution in [0.2, 0.25) is 0 Å². The molecule has 5 nitrogen and oxygen atoms in total. The van der Waals surface area contributed by atoms with Gasteiger partial charge in [-0.1, -0.05) is 0 Å². The summed E-state index contributed by atoms with van der Waals surface area (Å²) in [5.74, 6) is 0. The van der Waals surface area contributed by atoms with Gasteiger partial charge in [0, 0.05) is 39.3 Å². The summed E-state index contributed by atoms with van der Waals surface area (Å²) in [6, 6.07) is 0.196. The summed E-state index contributed by atoms with van der Waals surface area (Å²) in [5, 5.41) is 0. The highest BCUT2D eigenvalue weighted by Crippen LogP contribution is 2.06. The molecule has 1 rings (SSSR count). The van der Waals surface area contributed by atoms with Gasteiger partial charge < -0.3 is 15.5 Å². The van der Waals surface area contributed by atoms with Gasteiger partial charge in [0.05, 0.1) is 0 Å². The van der Waals surface area contributed by atoms with Gasteiger partial charge in [-0.15, -0.1) is 0 Å². The molecule has 1 fully saturated rings. The first-order chi connectivity index (χ1) is 8.72. The number of rotatable bonds is 6. The first kappa shape index (κ1) is 15.2. The Bertz CT molecular complexity index is 235. The number of amides is 2. The minimum atomic E-state index is 0.196. The Hall–Kier alpha value is -0.810. The van der Waals surface area contributed by atoms with Gasteiger partial charge in [0.25, 0.3) is 0 Å². The third-order valence-corrected chi connectivity index (χ3v) is 3.61. The standard InChI is InChI=1S/C13H28N4O/c1-3-16(4-2)13(18)17-11-9-15(10-12-17)8-6-5-7-14/h3-12,14H2,1-2H3. The molecule has 0 aliphatic carbocycles. The number of nitrogens with two attached hydrogens (primary N) is 1. The third kappa shape index (κ3) is 4.46. The molecule has 0 bridgehead atoms. The van der Waals surface area contributed by atoms with E-state index in [0.717, 1.165) is 58.8 Å². The lowest BCUT2D eigenvalue weighted by Crippen LogP contribution is -2.52. The fourth-order valence-corrected chi connectivity index (χ4v) is 2.34. The van der Waals surface area contributed by atoms with Crippen molar-refractivity contribution in [2.24, 2.45) is 5.73 Å². The summed E-state index contributed by atoms with van der Waals surface area (Å²) < 4.78 is 0. The molecule has 0 unspecified atom stereocenters. The Balaban J connectivity index is 2.28. The molecule has 0 aromatic heterocycles. The number of hydrogen-bond acceptors (Lipinski definition) is 3. The van der Waals surface area contributed by atoms with Crippen LogP contribution in [0.5, 0.6) is 0 Å². The van der Waals surface area contributed by atoms with E-state index in [9.17, 15) is 4.79 Å². The molecular formula is C13H28N4O. The predicted octanol–water partition coefficient (Wildman–Crippen LogP) is 0.805. The van der Waals surface area contributed by atoms with E-state index in [1.165, 1.54) is 6.42 Å². The summed E-state index contributed by atoms with van der Waals surface area (Å²) in [5.41, 5.74) is 5.49. The van der Waals surface area contributed by atoms with Crippen molar-refractivity contribution in [1.82, 2.24) is 14.7 Å². The maximum atomic E-state index is 12.1. The van der Waals surface area contributed by atoms with Crippen LogP contribution in [-0.4, -0.2) is 73.1 Å². The highest BCUT2D eigenvalue weighted by Gasteiger charge is 2.23. The molecule has 0 aromatic rings. The van der Waals surface area contributed by atoms with Crippen molar-refractivity contribution in [2.45, 2.75) is 26.7 Å². The van der Waals surface area contributed by atoms with Crippen LogP contribution in [-0.2, 0) is 0 Å². The minimum Gasteiger partial charge on any atom is -0.330 e. The number of hydrogen-bond donors (Lipinski definition) is 1. The maximum absolute atomic E-state index is 12.1. The molecule has 18 heavy (non-hydrogen) atoms. The maximum Gasteiger partial charge on any atom is 0.320 e. The number of nitrogens with zero attached hydrogens (tertiary/aromatic N) is 3. The molecule has 5 heteroatoms. The van der Waals surface area contributed by atoms with Crippen molar-refractivity contribution >= 4 is 6.03 Å². The molecule has 1 heterocycles. The van der Waals surface area contributed by atoms with E-state index in [4.69, 9.17) is 5.73 Å². The quantitative estimate of drug-likeness (QED) is 0.715. The summed E-state index contributed by atoms with van der Waals surface area (Å²) >= 11 is 0. The second kappa shape index (κ2) is 8.32. The molecule has 106 valence electrons. The van der Waals surface area contributed by atoms with E-state index in [2.05, 4.69) is 4.90 Å². The number of urea groups is 1. The van der Waals surface area contributed by atoms with Gasteiger partial charge in [0.15, 0.2) is 0 Å². The highest BCUT2D eigenvalue weighted by molar-refractivity contribution is 5.74. The van der Waals surface area contributed by atoms with Crippen LogP contribution in [0.3, 0.4) is 0 Å². The Morgan fingerprint density at radius 1 is 1.11 bits per heavy atom. The second-order valence-electron chi connectivity index (χ2n) is 4.78. The molecule has 0 radical (unpaired) electrons. The average Bonchev–Trinajstić information content (AvgIpc) is 2.41. The molecule has 1 aliphatic rings.